The van der Waals surface area contributed by atoms with Crippen molar-refractivity contribution in [2.75, 3.05) is 20.6 Å². The third-order valence-corrected chi connectivity index (χ3v) is 4.42. The van der Waals surface area contributed by atoms with Gasteiger partial charge >= 0.3 is 0 Å². The standard InChI is InChI=1S/C16H18N4OS/c1-11-10-12(20(18-11)15-6-4-5-9-17-15)13-7-8-14(22-13)16(21)19(2)3/h4-8,10,17H,9H2,1-3H3. The molecule has 0 spiro atoms. The number of aromatic nitrogens is 2. The second-order valence-corrected chi connectivity index (χ2v) is 6.39. The Morgan fingerprint density at radius 2 is 2.23 bits per heavy atom. The van der Waals surface area contributed by atoms with Gasteiger partial charge in [-0.2, -0.15) is 5.10 Å². The SMILES string of the molecule is Cc1cc(-c2ccc(C(=O)N(C)C)s2)n(C2=CC=CCN2)n1. The van der Waals surface area contributed by atoms with E-state index in [1.165, 1.54) is 11.3 Å². The Labute approximate surface area is 133 Å². The van der Waals surface area contributed by atoms with Crippen LogP contribution in [0.2, 0.25) is 0 Å². The van der Waals surface area contributed by atoms with Gasteiger partial charge in [0, 0.05) is 20.6 Å². The quantitative estimate of drug-likeness (QED) is 0.947. The third-order valence-electron chi connectivity index (χ3n) is 3.33. The molecule has 6 heteroatoms. The monoisotopic (exact) mass is 314 g/mol. The first kappa shape index (κ1) is 14.6. The van der Waals surface area contributed by atoms with E-state index in [9.17, 15) is 4.79 Å². The van der Waals surface area contributed by atoms with E-state index in [1.807, 2.05) is 42.0 Å². The molecule has 0 radical (unpaired) electrons. The molecular formula is C16H18N4OS. The number of carbonyl (C=O) groups excluding carboxylic acids is 1. The molecule has 5 nitrogen and oxygen atoms in total. The summed E-state index contributed by atoms with van der Waals surface area (Å²) in [6.07, 6.45) is 6.07. The van der Waals surface area contributed by atoms with Crippen LogP contribution in [0.25, 0.3) is 16.4 Å². The zero-order valence-corrected chi connectivity index (χ0v) is 13.6. The Balaban J connectivity index is 2.00. The highest BCUT2D eigenvalue weighted by Gasteiger charge is 2.17. The molecule has 2 aromatic heterocycles. The number of nitrogens with zero attached hydrogens (tertiary/aromatic N) is 3. The number of allylic oxidation sites excluding steroid dienone is 2. The first-order valence-corrected chi connectivity index (χ1v) is 7.87. The van der Waals surface area contributed by atoms with Crippen LogP contribution in [0, 0.1) is 6.92 Å². The lowest BCUT2D eigenvalue weighted by Gasteiger charge is -2.14. The smallest absolute Gasteiger partial charge is 0.263 e. The molecule has 0 saturated heterocycles. The van der Waals surface area contributed by atoms with Crippen molar-refractivity contribution in [1.29, 1.82) is 0 Å². The van der Waals surface area contributed by atoms with E-state index in [0.29, 0.717) is 0 Å². The number of hydrogen-bond acceptors (Lipinski definition) is 4. The number of hydrogen-bond donors (Lipinski definition) is 1. The van der Waals surface area contributed by atoms with Crippen LogP contribution in [0.1, 0.15) is 15.4 Å². The van der Waals surface area contributed by atoms with Gasteiger partial charge in [-0.25, -0.2) is 4.68 Å². The van der Waals surface area contributed by atoms with Gasteiger partial charge in [0.25, 0.3) is 5.91 Å². The number of carbonyl (C=O) groups is 1. The van der Waals surface area contributed by atoms with Gasteiger partial charge in [0.05, 0.1) is 21.1 Å². The summed E-state index contributed by atoms with van der Waals surface area (Å²) in [5, 5.41) is 7.87. The number of thiophene rings is 1. The molecule has 22 heavy (non-hydrogen) atoms. The summed E-state index contributed by atoms with van der Waals surface area (Å²) < 4.78 is 1.90. The van der Waals surface area contributed by atoms with Crippen molar-refractivity contribution < 1.29 is 4.79 Å². The Kier molecular flexibility index (Phi) is 3.85. The van der Waals surface area contributed by atoms with Crippen molar-refractivity contribution in [2.24, 2.45) is 0 Å². The maximum Gasteiger partial charge on any atom is 0.263 e. The van der Waals surface area contributed by atoms with Crippen LogP contribution in [-0.4, -0.2) is 41.2 Å². The van der Waals surface area contributed by atoms with Crippen LogP contribution in [0.3, 0.4) is 0 Å². The van der Waals surface area contributed by atoms with Gasteiger partial charge in [0.15, 0.2) is 0 Å². The van der Waals surface area contributed by atoms with Crippen molar-refractivity contribution in [3.05, 3.63) is 47.0 Å². The largest absolute Gasteiger partial charge is 0.367 e. The highest BCUT2D eigenvalue weighted by atomic mass is 32.1. The molecular weight excluding hydrogens is 296 g/mol. The molecule has 2 aromatic rings. The lowest BCUT2D eigenvalue weighted by atomic mass is 10.3. The minimum absolute atomic E-state index is 0.0250. The summed E-state index contributed by atoms with van der Waals surface area (Å²) in [5.74, 6) is 0.969. The third kappa shape index (κ3) is 2.69. The Bertz CT molecular complexity index is 767. The Morgan fingerprint density at radius 3 is 2.91 bits per heavy atom. The van der Waals surface area contributed by atoms with Crippen molar-refractivity contribution in [3.63, 3.8) is 0 Å². The van der Waals surface area contributed by atoms with Crippen molar-refractivity contribution in [3.8, 4) is 10.6 Å². The van der Waals surface area contributed by atoms with Crippen LogP contribution in [0.4, 0.5) is 0 Å². The highest BCUT2D eigenvalue weighted by Crippen LogP contribution is 2.30. The predicted octanol–water partition coefficient (Wildman–Crippen LogP) is 2.58. The minimum Gasteiger partial charge on any atom is -0.367 e. The van der Waals surface area contributed by atoms with Crippen molar-refractivity contribution in [1.82, 2.24) is 20.0 Å². The van der Waals surface area contributed by atoms with E-state index in [-0.39, 0.29) is 5.91 Å². The molecule has 1 amide bonds. The van der Waals surface area contributed by atoms with Gasteiger partial charge in [-0.1, -0.05) is 12.2 Å². The fraction of sp³-hybridized carbons (Fsp3) is 0.250. The molecule has 3 heterocycles. The fourth-order valence-corrected chi connectivity index (χ4v) is 3.29. The summed E-state index contributed by atoms with van der Waals surface area (Å²) in [7, 11) is 3.53. The molecule has 0 aliphatic carbocycles. The maximum absolute atomic E-state index is 12.1. The lowest BCUT2D eigenvalue weighted by Crippen LogP contribution is -2.20. The van der Waals surface area contributed by atoms with Crippen LogP contribution in [-0.2, 0) is 0 Å². The van der Waals surface area contributed by atoms with E-state index < -0.39 is 0 Å². The van der Waals surface area contributed by atoms with E-state index in [0.717, 1.165) is 33.5 Å². The summed E-state index contributed by atoms with van der Waals surface area (Å²) >= 11 is 1.49. The zero-order valence-electron chi connectivity index (χ0n) is 12.8. The fourth-order valence-electron chi connectivity index (χ4n) is 2.26. The van der Waals surface area contributed by atoms with Crippen molar-refractivity contribution in [2.45, 2.75) is 6.92 Å². The zero-order chi connectivity index (χ0) is 15.7. The molecule has 0 unspecified atom stereocenters. The van der Waals surface area contributed by atoms with Gasteiger partial charge in [-0.3, -0.25) is 4.79 Å². The van der Waals surface area contributed by atoms with Crippen LogP contribution < -0.4 is 5.32 Å². The maximum atomic E-state index is 12.1. The van der Waals surface area contributed by atoms with Gasteiger partial charge in [-0.05, 0) is 31.2 Å². The first-order valence-electron chi connectivity index (χ1n) is 7.06. The Hall–Kier alpha value is -2.34. The highest BCUT2D eigenvalue weighted by molar-refractivity contribution is 7.17. The topological polar surface area (TPSA) is 50.2 Å². The summed E-state index contributed by atoms with van der Waals surface area (Å²) in [6, 6.07) is 5.89. The van der Waals surface area contributed by atoms with Crippen LogP contribution >= 0.6 is 11.3 Å². The van der Waals surface area contributed by atoms with Gasteiger partial charge in [0.2, 0.25) is 0 Å². The Morgan fingerprint density at radius 1 is 1.41 bits per heavy atom. The first-order chi connectivity index (χ1) is 10.6. The molecule has 1 N–H and O–H groups in total. The van der Waals surface area contributed by atoms with E-state index in [1.54, 1.807) is 19.0 Å². The van der Waals surface area contributed by atoms with Crippen LogP contribution in [0.15, 0.2) is 36.4 Å². The average Bonchev–Trinajstić information content (AvgIpc) is 3.13. The average molecular weight is 314 g/mol. The number of nitrogens with one attached hydrogen (secondary N) is 1. The lowest BCUT2D eigenvalue weighted by molar-refractivity contribution is 0.0832. The normalized spacial score (nSPS) is 13.7. The molecule has 114 valence electrons. The van der Waals surface area contributed by atoms with E-state index in [4.69, 9.17) is 0 Å². The van der Waals surface area contributed by atoms with Gasteiger partial charge < -0.3 is 10.2 Å². The summed E-state index contributed by atoms with van der Waals surface area (Å²) in [5.41, 5.74) is 1.94. The molecule has 1 aliphatic heterocycles. The van der Waals surface area contributed by atoms with E-state index in [2.05, 4.69) is 16.5 Å². The molecule has 0 atom stereocenters. The van der Waals surface area contributed by atoms with Gasteiger partial charge in [-0.15, -0.1) is 11.3 Å². The number of aryl methyl sites for hydroxylation is 1. The molecule has 3 rings (SSSR count). The van der Waals surface area contributed by atoms with E-state index >= 15 is 0 Å². The molecule has 0 saturated carbocycles. The number of amides is 1. The molecule has 0 bridgehead atoms. The van der Waals surface area contributed by atoms with Gasteiger partial charge in [0.1, 0.15) is 5.82 Å². The summed E-state index contributed by atoms with van der Waals surface area (Å²) in [6.45, 7) is 2.76. The molecule has 0 fully saturated rings. The molecule has 0 aromatic carbocycles. The van der Waals surface area contributed by atoms with Crippen molar-refractivity contribution >= 4 is 23.1 Å². The van der Waals surface area contributed by atoms with Crippen LogP contribution in [0.5, 0.6) is 0 Å². The predicted molar refractivity (Wildman–Crippen MR) is 89.7 cm³/mol. The second kappa shape index (κ2) is 5.81. The minimum atomic E-state index is 0.0250. The summed E-state index contributed by atoms with van der Waals surface area (Å²) in [4.78, 5) is 15.4. The number of dihydropyridines is 1. The molecule has 1 aliphatic rings. The second-order valence-electron chi connectivity index (χ2n) is 5.31. The number of rotatable bonds is 3.